The van der Waals surface area contributed by atoms with Crippen LogP contribution in [0.1, 0.15) is 5.76 Å². The summed E-state index contributed by atoms with van der Waals surface area (Å²) >= 11 is 5.80. The van der Waals surface area contributed by atoms with Gasteiger partial charge in [-0.3, -0.25) is 25.7 Å². The van der Waals surface area contributed by atoms with Crippen LogP contribution in [0, 0.1) is 20.2 Å². The van der Waals surface area contributed by atoms with Crippen molar-refractivity contribution in [2.75, 3.05) is 5.43 Å². The second kappa shape index (κ2) is 7.67. The van der Waals surface area contributed by atoms with Gasteiger partial charge in [-0.05, 0) is 36.4 Å². The van der Waals surface area contributed by atoms with E-state index in [2.05, 4.69) is 10.5 Å². The molecule has 0 radical (unpaired) electrons. The molecule has 3 aromatic rings. The SMILES string of the molecule is O=[N+]([O-])c1ccc(NN=Cc2ccc(-c3ccc(Cl)c([N+](=O)[O-])c3)o2)cc1. The molecule has 0 atom stereocenters. The lowest BCUT2D eigenvalue weighted by Crippen LogP contribution is -1.91. The van der Waals surface area contributed by atoms with E-state index in [-0.39, 0.29) is 16.4 Å². The van der Waals surface area contributed by atoms with Gasteiger partial charge < -0.3 is 4.42 Å². The first-order chi connectivity index (χ1) is 12.9. The lowest BCUT2D eigenvalue weighted by Gasteiger charge is -1.99. The maximum Gasteiger partial charge on any atom is 0.288 e. The van der Waals surface area contributed by atoms with Crippen LogP contribution in [0.2, 0.25) is 5.02 Å². The maximum atomic E-state index is 11.0. The lowest BCUT2D eigenvalue weighted by molar-refractivity contribution is -0.384. The molecule has 10 heteroatoms. The van der Waals surface area contributed by atoms with E-state index < -0.39 is 9.85 Å². The summed E-state index contributed by atoms with van der Waals surface area (Å²) in [4.78, 5) is 20.5. The first-order valence-corrected chi connectivity index (χ1v) is 7.89. The summed E-state index contributed by atoms with van der Waals surface area (Å²) in [6, 6.07) is 13.4. The fourth-order valence-electron chi connectivity index (χ4n) is 2.21. The van der Waals surface area contributed by atoms with Crippen molar-refractivity contribution in [3.8, 4) is 11.3 Å². The van der Waals surface area contributed by atoms with Gasteiger partial charge in [-0.25, -0.2) is 0 Å². The van der Waals surface area contributed by atoms with Crippen LogP contribution in [0.15, 0.2) is 64.1 Å². The van der Waals surface area contributed by atoms with Crippen molar-refractivity contribution in [3.05, 3.63) is 85.6 Å². The molecule has 27 heavy (non-hydrogen) atoms. The minimum Gasteiger partial charge on any atom is -0.455 e. The zero-order valence-corrected chi connectivity index (χ0v) is 14.3. The Bertz CT molecular complexity index is 1030. The highest BCUT2D eigenvalue weighted by atomic mass is 35.5. The molecular weight excluding hydrogens is 376 g/mol. The number of hydrogen-bond donors (Lipinski definition) is 1. The molecule has 0 aliphatic carbocycles. The average molecular weight is 387 g/mol. The van der Waals surface area contributed by atoms with Crippen molar-refractivity contribution in [1.29, 1.82) is 0 Å². The number of benzene rings is 2. The third-order valence-corrected chi connectivity index (χ3v) is 3.84. The van der Waals surface area contributed by atoms with E-state index in [0.717, 1.165) is 0 Å². The van der Waals surface area contributed by atoms with E-state index in [1.54, 1.807) is 18.2 Å². The Kier molecular flexibility index (Phi) is 5.13. The van der Waals surface area contributed by atoms with Crippen LogP contribution >= 0.6 is 11.6 Å². The number of non-ortho nitro benzene ring substituents is 1. The number of nitro benzene ring substituents is 2. The summed E-state index contributed by atoms with van der Waals surface area (Å²) in [7, 11) is 0. The summed E-state index contributed by atoms with van der Waals surface area (Å²) in [6.45, 7) is 0. The minimum absolute atomic E-state index is 0.0164. The summed E-state index contributed by atoms with van der Waals surface area (Å²) in [5, 5.41) is 25.6. The van der Waals surface area contributed by atoms with E-state index in [4.69, 9.17) is 16.0 Å². The van der Waals surface area contributed by atoms with Gasteiger partial charge >= 0.3 is 0 Å². The number of nitrogens with zero attached hydrogens (tertiary/aromatic N) is 3. The van der Waals surface area contributed by atoms with Gasteiger partial charge in [-0.15, -0.1) is 0 Å². The number of hydrazone groups is 1. The van der Waals surface area contributed by atoms with Crippen molar-refractivity contribution in [2.45, 2.75) is 0 Å². The monoisotopic (exact) mass is 386 g/mol. The Morgan fingerprint density at radius 1 is 1.00 bits per heavy atom. The zero-order valence-electron chi connectivity index (χ0n) is 13.5. The van der Waals surface area contributed by atoms with Crippen LogP contribution in [-0.4, -0.2) is 16.1 Å². The second-order valence-electron chi connectivity index (χ2n) is 5.30. The molecule has 0 amide bonds. The van der Waals surface area contributed by atoms with Crippen LogP contribution in [0.25, 0.3) is 11.3 Å². The molecule has 0 saturated heterocycles. The number of furan rings is 1. The number of halogens is 1. The molecule has 9 nitrogen and oxygen atoms in total. The van der Waals surface area contributed by atoms with Crippen LogP contribution in [-0.2, 0) is 0 Å². The predicted octanol–water partition coefficient (Wildman–Crippen LogP) is 4.86. The first-order valence-electron chi connectivity index (χ1n) is 7.52. The standard InChI is InChI=1S/C17H11ClN4O5/c18-15-7-1-11(9-16(15)22(25)26)17-8-6-14(27-17)10-19-20-12-2-4-13(5-3-12)21(23)24/h1-10,20H. The van der Waals surface area contributed by atoms with Gasteiger partial charge in [0, 0.05) is 23.8 Å². The van der Waals surface area contributed by atoms with Crippen LogP contribution in [0.3, 0.4) is 0 Å². The van der Waals surface area contributed by atoms with Crippen LogP contribution in [0.5, 0.6) is 0 Å². The smallest absolute Gasteiger partial charge is 0.288 e. The molecule has 0 fully saturated rings. The van der Waals surface area contributed by atoms with E-state index in [1.807, 2.05) is 0 Å². The fourth-order valence-corrected chi connectivity index (χ4v) is 2.40. The summed E-state index contributed by atoms with van der Waals surface area (Å²) < 4.78 is 5.59. The summed E-state index contributed by atoms with van der Waals surface area (Å²) in [6.07, 6.45) is 1.41. The fraction of sp³-hybridized carbons (Fsp3) is 0. The quantitative estimate of drug-likeness (QED) is 0.366. The Labute approximate surface area is 157 Å². The van der Waals surface area contributed by atoms with Crippen molar-refractivity contribution >= 4 is 34.9 Å². The third kappa shape index (κ3) is 4.28. The van der Waals surface area contributed by atoms with Gasteiger partial charge in [0.05, 0.1) is 21.7 Å². The zero-order chi connectivity index (χ0) is 19.4. The highest BCUT2D eigenvalue weighted by Crippen LogP contribution is 2.31. The first kappa shape index (κ1) is 18.1. The van der Waals surface area contributed by atoms with Gasteiger partial charge in [0.1, 0.15) is 16.5 Å². The van der Waals surface area contributed by atoms with Gasteiger partial charge in [0.25, 0.3) is 11.4 Å². The Hall–Kier alpha value is -3.72. The van der Waals surface area contributed by atoms with E-state index in [0.29, 0.717) is 22.8 Å². The number of rotatable bonds is 6. The second-order valence-corrected chi connectivity index (χ2v) is 5.71. The molecule has 2 aromatic carbocycles. The van der Waals surface area contributed by atoms with Crippen molar-refractivity contribution in [2.24, 2.45) is 5.10 Å². The molecule has 3 rings (SSSR count). The topological polar surface area (TPSA) is 124 Å². The molecule has 0 unspecified atom stereocenters. The molecule has 1 aromatic heterocycles. The molecule has 1 N–H and O–H groups in total. The Morgan fingerprint density at radius 3 is 2.41 bits per heavy atom. The van der Waals surface area contributed by atoms with E-state index in [1.165, 1.54) is 42.6 Å². The van der Waals surface area contributed by atoms with Gasteiger partial charge in [0.15, 0.2) is 0 Å². The molecule has 0 aliphatic heterocycles. The van der Waals surface area contributed by atoms with Crippen molar-refractivity contribution in [3.63, 3.8) is 0 Å². The van der Waals surface area contributed by atoms with Crippen LogP contribution in [0.4, 0.5) is 17.1 Å². The van der Waals surface area contributed by atoms with Gasteiger partial charge in [-0.2, -0.15) is 5.10 Å². The molecule has 0 bridgehead atoms. The summed E-state index contributed by atoms with van der Waals surface area (Å²) in [5.74, 6) is 0.837. The molecule has 0 saturated carbocycles. The number of nitrogens with one attached hydrogen (secondary N) is 1. The third-order valence-electron chi connectivity index (χ3n) is 3.52. The minimum atomic E-state index is -0.564. The van der Waals surface area contributed by atoms with E-state index in [9.17, 15) is 20.2 Å². The largest absolute Gasteiger partial charge is 0.455 e. The van der Waals surface area contributed by atoms with Crippen LogP contribution < -0.4 is 5.43 Å². The number of hydrogen-bond acceptors (Lipinski definition) is 7. The molecule has 0 spiro atoms. The lowest BCUT2D eigenvalue weighted by atomic mass is 10.1. The molecular formula is C17H11ClN4O5. The summed E-state index contributed by atoms with van der Waals surface area (Å²) in [5.41, 5.74) is 3.57. The Morgan fingerprint density at radius 2 is 1.74 bits per heavy atom. The molecule has 136 valence electrons. The van der Waals surface area contributed by atoms with E-state index >= 15 is 0 Å². The highest BCUT2D eigenvalue weighted by molar-refractivity contribution is 6.32. The predicted molar refractivity (Wildman–Crippen MR) is 100 cm³/mol. The normalized spacial score (nSPS) is 10.9. The number of anilines is 1. The Balaban J connectivity index is 1.70. The average Bonchev–Trinajstić information content (AvgIpc) is 3.11. The molecule has 1 heterocycles. The van der Waals surface area contributed by atoms with Crippen molar-refractivity contribution < 1.29 is 14.3 Å². The molecule has 0 aliphatic rings. The maximum absolute atomic E-state index is 11.0. The van der Waals surface area contributed by atoms with Gasteiger partial charge in [0.2, 0.25) is 0 Å². The highest BCUT2D eigenvalue weighted by Gasteiger charge is 2.15. The van der Waals surface area contributed by atoms with Crippen molar-refractivity contribution in [1.82, 2.24) is 0 Å². The number of nitro groups is 2. The van der Waals surface area contributed by atoms with Gasteiger partial charge in [-0.1, -0.05) is 11.6 Å².